The average Bonchev–Trinajstić information content (AvgIpc) is 2.40. The number of hydrogen-bond acceptors (Lipinski definition) is 3. The van der Waals surface area contributed by atoms with Crippen LogP contribution in [-0.4, -0.2) is 16.7 Å². The lowest BCUT2D eigenvalue weighted by Gasteiger charge is -2.11. The Hall–Kier alpha value is -1.87. The number of hydrogen-bond donors (Lipinski definition) is 1. The van der Waals surface area contributed by atoms with E-state index >= 15 is 0 Å². The second-order valence-corrected chi connectivity index (χ2v) is 4.11. The van der Waals surface area contributed by atoms with Gasteiger partial charge in [0.2, 0.25) is 0 Å². The largest absolute Gasteiger partial charge is 0.493 e. The van der Waals surface area contributed by atoms with Crippen molar-refractivity contribution in [3.63, 3.8) is 0 Å². The Morgan fingerprint density at radius 1 is 1.22 bits per heavy atom. The van der Waals surface area contributed by atoms with Gasteiger partial charge in [0.15, 0.2) is 0 Å². The zero-order valence-electron chi connectivity index (χ0n) is 10.7. The topological polar surface area (TPSA) is 42.4 Å². The lowest BCUT2D eigenvalue weighted by Crippen LogP contribution is -1.96. The monoisotopic (exact) mass is 243 g/mol. The van der Waals surface area contributed by atoms with Crippen molar-refractivity contribution < 1.29 is 9.84 Å². The first-order valence-electron chi connectivity index (χ1n) is 6.04. The zero-order chi connectivity index (χ0) is 13.0. The predicted octanol–water partition coefficient (Wildman–Crippen LogP) is 2.95. The minimum Gasteiger partial charge on any atom is -0.493 e. The summed E-state index contributed by atoms with van der Waals surface area (Å²) in [6.07, 6.45) is 1.83. The van der Waals surface area contributed by atoms with Gasteiger partial charge in [-0.1, -0.05) is 12.1 Å². The third-order valence-corrected chi connectivity index (χ3v) is 2.75. The molecular weight excluding hydrogens is 226 g/mol. The van der Waals surface area contributed by atoms with Crippen LogP contribution < -0.4 is 4.74 Å². The highest BCUT2D eigenvalue weighted by molar-refractivity contribution is 5.70. The number of aliphatic hydroxyl groups excluding tert-OH is 1. The van der Waals surface area contributed by atoms with E-state index in [2.05, 4.69) is 4.98 Å². The molecule has 0 atom stereocenters. The van der Waals surface area contributed by atoms with E-state index in [-0.39, 0.29) is 6.61 Å². The highest BCUT2D eigenvalue weighted by Crippen LogP contribution is 2.30. The summed E-state index contributed by atoms with van der Waals surface area (Å²) in [7, 11) is 0. The van der Waals surface area contributed by atoms with Crippen molar-refractivity contribution >= 4 is 0 Å². The normalized spacial score (nSPS) is 10.4. The zero-order valence-corrected chi connectivity index (χ0v) is 10.7. The number of benzene rings is 1. The fraction of sp³-hybridized carbons (Fsp3) is 0.267. The molecule has 0 bridgehead atoms. The molecule has 2 rings (SSSR count). The molecule has 94 valence electrons. The number of ether oxygens (including phenoxy) is 1. The maximum atomic E-state index is 9.22. The average molecular weight is 243 g/mol. The van der Waals surface area contributed by atoms with Crippen molar-refractivity contribution in [2.24, 2.45) is 0 Å². The number of aromatic nitrogens is 1. The Morgan fingerprint density at radius 3 is 2.67 bits per heavy atom. The van der Waals surface area contributed by atoms with Crippen molar-refractivity contribution in [2.45, 2.75) is 20.5 Å². The smallest absolute Gasteiger partial charge is 0.127 e. The molecule has 0 aliphatic rings. The van der Waals surface area contributed by atoms with Crippen LogP contribution in [0.3, 0.4) is 0 Å². The van der Waals surface area contributed by atoms with Crippen molar-refractivity contribution in [1.29, 1.82) is 0 Å². The Kier molecular flexibility index (Phi) is 3.95. The summed E-state index contributed by atoms with van der Waals surface area (Å²) in [4.78, 5) is 4.29. The van der Waals surface area contributed by atoms with Crippen molar-refractivity contribution in [3.05, 3.63) is 47.8 Å². The van der Waals surface area contributed by atoms with E-state index in [9.17, 15) is 5.11 Å². The summed E-state index contributed by atoms with van der Waals surface area (Å²) in [6.45, 7) is 4.55. The second kappa shape index (κ2) is 5.65. The highest BCUT2D eigenvalue weighted by atomic mass is 16.5. The van der Waals surface area contributed by atoms with Gasteiger partial charge >= 0.3 is 0 Å². The van der Waals surface area contributed by atoms with Crippen molar-refractivity contribution in [1.82, 2.24) is 4.98 Å². The number of pyridine rings is 1. The van der Waals surface area contributed by atoms with E-state index in [4.69, 9.17) is 4.74 Å². The van der Waals surface area contributed by atoms with Gasteiger partial charge in [0.05, 0.1) is 13.2 Å². The second-order valence-electron chi connectivity index (χ2n) is 4.11. The van der Waals surface area contributed by atoms with E-state index in [1.54, 1.807) is 0 Å². The van der Waals surface area contributed by atoms with Crippen LogP contribution in [0, 0.1) is 6.92 Å². The molecule has 1 heterocycles. The van der Waals surface area contributed by atoms with Crippen LogP contribution in [0.4, 0.5) is 0 Å². The third kappa shape index (κ3) is 2.68. The van der Waals surface area contributed by atoms with Crippen molar-refractivity contribution in [3.8, 4) is 16.9 Å². The Morgan fingerprint density at radius 2 is 2.06 bits per heavy atom. The molecule has 0 saturated carbocycles. The molecule has 1 aromatic heterocycles. The molecule has 1 aromatic carbocycles. The number of rotatable bonds is 4. The van der Waals surface area contributed by atoms with Gasteiger partial charge in [-0.05, 0) is 37.6 Å². The summed E-state index contributed by atoms with van der Waals surface area (Å²) in [6, 6.07) is 9.69. The van der Waals surface area contributed by atoms with Gasteiger partial charge in [0.25, 0.3) is 0 Å². The van der Waals surface area contributed by atoms with Gasteiger partial charge in [-0.2, -0.15) is 0 Å². The summed E-state index contributed by atoms with van der Waals surface area (Å²) >= 11 is 0. The van der Waals surface area contributed by atoms with Crippen LogP contribution in [0.2, 0.25) is 0 Å². The van der Waals surface area contributed by atoms with Gasteiger partial charge in [-0.25, -0.2) is 0 Å². The summed E-state index contributed by atoms with van der Waals surface area (Å²) in [5, 5.41) is 9.22. The minimum atomic E-state index is 0.0265. The summed E-state index contributed by atoms with van der Waals surface area (Å²) in [5.74, 6) is 0.820. The molecule has 3 heteroatoms. The molecule has 2 aromatic rings. The minimum absolute atomic E-state index is 0.0265. The molecule has 0 unspecified atom stereocenters. The molecular formula is C15H17NO2. The Labute approximate surface area is 107 Å². The predicted molar refractivity (Wildman–Crippen MR) is 71.5 cm³/mol. The fourth-order valence-corrected chi connectivity index (χ4v) is 1.81. The standard InChI is InChI=1S/C15H17NO2/c1-3-18-15-7-5-12(10-17)8-14(15)13-6-4-11(2)16-9-13/h4-9,17H,3,10H2,1-2H3. The van der Waals surface area contributed by atoms with E-state index < -0.39 is 0 Å². The molecule has 18 heavy (non-hydrogen) atoms. The Balaban J connectivity index is 2.48. The Bertz CT molecular complexity index is 521. The SMILES string of the molecule is CCOc1ccc(CO)cc1-c1ccc(C)nc1. The molecule has 1 N–H and O–H groups in total. The first kappa shape index (κ1) is 12.6. The van der Waals surface area contributed by atoms with Crippen LogP contribution in [0.1, 0.15) is 18.2 Å². The van der Waals surface area contributed by atoms with E-state index in [1.165, 1.54) is 0 Å². The molecule has 0 fully saturated rings. The number of aliphatic hydroxyl groups is 1. The molecule has 0 radical (unpaired) electrons. The van der Waals surface area contributed by atoms with Gasteiger partial charge in [-0.15, -0.1) is 0 Å². The first-order chi connectivity index (χ1) is 8.74. The van der Waals surface area contributed by atoms with Gasteiger partial charge < -0.3 is 9.84 Å². The van der Waals surface area contributed by atoms with Gasteiger partial charge in [0, 0.05) is 23.0 Å². The van der Waals surface area contributed by atoms with E-state index in [0.29, 0.717) is 6.61 Å². The van der Waals surface area contributed by atoms with Gasteiger partial charge in [-0.3, -0.25) is 4.98 Å². The maximum absolute atomic E-state index is 9.22. The summed E-state index contributed by atoms with van der Waals surface area (Å²) < 4.78 is 5.61. The molecule has 0 saturated heterocycles. The van der Waals surface area contributed by atoms with Crippen LogP contribution in [0.25, 0.3) is 11.1 Å². The molecule has 0 aliphatic heterocycles. The van der Waals surface area contributed by atoms with E-state index in [0.717, 1.165) is 28.1 Å². The highest BCUT2D eigenvalue weighted by Gasteiger charge is 2.07. The summed E-state index contributed by atoms with van der Waals surface area (Å²) in [5.41, 5.74) is 3.82. The lowest BCUT2D eigenvalue weighted by molar-refractivity contribution is 0.281. The third-order valence-electron chi connectivity index (χ3n) is 2.75. The van der Waals surface area contributed by atoms with E-state index in [1.807, 2.05) is 50.4 Å². The van der Waals surface area contributed by atoms with Crippen LogP contribution >= 0.6 is 0 Å². The van der Waals surface area contributed by atoms with Crippen molar-refractivity contribution in [2.75, 3.05) is 6.61 Å². The molecule has 3 nitrogen and oxygen atoms in total. The molecule has 0 amide bonds. The van der Waals surface area contributed by atoms with Gasteiger partial charge in [0.1, 0.15) is 5.75 Å². The number of aryl methyl sites for hydroxylation is 1. The fourth-order valence-electron chi connectivity index (χ4n) is 1.81. The van der Waals surface area contributed by atoms with Crippen LogP contribution in [0.15, 0.2) is 36.5 Å². The first-order valence-corrected chi connectivity index (χ1v) is 6.04. The maximum Gasteiger partial charge on any atom is 0.127 e. The molecule has 0 spiro atoms. The quantitative estimate of drug-likeness (QED) is 0.897. The van der Waals surface area contributed by atoms with Crippen LogP contribution in [-0.2, 0) is 6.61 Å². The lowest BCUT2D eigenvalue weighted by atomic mass is 10.0. The number of nitrogens with zero attached hydrogens (tertiary/aromatic N) is 1. The molecule has 0 aliphatic carbocycles. The van der Waals surface area contributed by atoms with Crippen LogP contribution in [0.5, 0.6) is 5.75 Å².